The van der Waals surface area contributed by atoms with Crippen molar-refractivity contribution in [2.24, 2.45) is 5.92 Å². The molecule has 1 aliphatic carbocycles. The van der Waals surface area contributed by atoms with Gasteiger partial charge in [0.1, 0.15) is 12.1 Å². The number of sulfonamides is 1. The van der Waals surface area contributed by atoms with E-state index in [0.29, 0.717) is 43.0 Å². The van der Waals surface area contributed by atoms with Crippen LogP contribution in [0.15, 0.2) is 59.5 Å². The molecule has 40 heavy (non-hydrogen) atoms. The van der Waals surface area contributed by atoms with Gasteiger partial charge in [-0.15, -0.1) is 11.3 Å². The molecule has 0 spiro atoms. The molecule has 1 aromatic heterocycles. The van der Waals surface area contributed by atoms with Crippen LogP contribution in [-0.4, -0.2) is 49.7 Å². The molecule has 2 N–H and O–H groups in total. The Labute approximate surface area is 239 Å². The van der Waals surface area contributed by atoms with Crippen LogP contribution in [0.2, 0.25) is 0 Å². The van der Waals surface area contributed by atoms with Gasteiger partial charge in [0.25, 0.3) is 5.91 Å². The molecule has 0 radical (unpaired) electrons. The molecular formula is C30H34N4O4S2. The Balaban J connectivity index is 1.25. The maximum atomic E-state index is 13.5. The lowest BCUT2D eigenvalue weighted by atomic mass is 9.97. The van der Waals surface area contributed by atoms with Crippen LogP contribution in [-0.2, 0) is 14.8 Å². The highest BCUT2D eigenvalue weighted by atomic mass is 32.2. The standard InChI is InChI=1S/C30H34N4O4S2/c31-20-23-11-4-6-14-28(23)40(37,38)34-16-7-12-24(15-17-34)32-29(35)25(18-21-8-1-2-9-21)33-30(36)27-19-22-10-3-5-13-26(22)39-27/h3-6,10-11,13-14,19,21,24-25H,1-2,7-9,12,15-18H2,(H,32,35)(H,33,36)/t24-,25+/m1/s1. The van der Waals surface area contributed by atoms with E-state index in [0.717, 1.165) is 35.8 Å². The van der Waals surface area contributed by atoms with Crippen molar-refractivity contribution in [3.63, 3.8) is 0 Å². The maximum absolute atomic E-state index is 13.5. The molecule has 210 valence electrons. The zero-order valence-corrected chi connectivity index (χ0v) is 24.0. The molecule has 1 aliphatic heterocycles. The van der Waals surface area contributed by atoms with E-state index in [9.17, 15) is 23.3 Å². The van der Waals surface area contributed by atoms with Gasteiger partial charge in [0.2, 0.25) is 15.9 Å². The number of thiophene rings is 1. The third-order valence-electron chi connectivity index (χ3n) is 7.97. The first-order chi connectivity index (χ1) is 19.3. The molecule has 0 bridgehead atoms. The van der Waals surface area contributed by atoms with Crippen molar-refractivity contribution in [2.75, 3.05) is 13.1 Å². The molecule has 2 aliphatic rings. The fourth-order valence-corrected chi connectivity index (χ4v) is 8.41. The third kappa shape index (κ3) is 6.38. The monoisotopic (exact) mass is 578 g/mol. The van der Waals surface area contributed by atoms with Gasteiger partial charge in [0.05, 0.1) is 15.3 Å². The SMILES string of the molecule is N#Cc1ccccc1S(=O)(=O)N1CCC[C@@H](NC(=O)[C@H](CC2CCCC2)NC(=O)c2cc3ccccc3s2)CC1. The van der Waals surface area contributed by atoms with E-state index >= 15 is 0 Å². The summed E-state index contributed by atoms with van der Waals surface area (Å²) in [6, 6.07) is 17.1. The smallest absolute Gasteiger partial charge is 0.262 e. The number of nitriles is 1. The average Bonchev–Trinajstić information content (AvgIpc) is 3.58. The van der Waals surface area contributed by atoms with Crippen LogP contribution in [0.4, 0.5) is 0 Å². The summed E-state index contributed by atoms with van der Waals surface area (Å²) in [7, 11) is -3.83. The van der Waals surface area contributed by atoms with Crippen molar-refractivity contribution in [2.45, 2.75) is 68.3 Å². The number of nitrogens with one attached hydrogen (secondary N) is 2. The van der Waals surface area contributed by atoms with E-state index in [1.54, 1.807) is 12.1 Å². The summed E-state index contributed by atoms with van der Waals surface area (Å²) in [5.74, 6) is -0.0560. The van der Waals surface area contributed by atoms with Crippen LogP contribution < -0.4 is 10.6 Å². The first-order valence-electron chi connectivity index (χ1n) is 13.9. The van der Waals surface area contributed by atoms with E-state index in [1.807, 2.05) is 36.4 Å². The predicted molar refractivity (Wildman–Crippen MR) is 155 cm³/mol. The second-order valence-corrected chi connectivity index (χ2v) is 13.7. The number of hydrogen-bond acceptors (Lipinski definition) is 6. The Morgan fingerprint density at radius 3 is 2.52 bits per heavy atom. The Kier molecular flexibility index (Phi) is 8.84. The molecule has 8 nitrogen and oxygen atoms in total. The van der Waals surface area contributed by atoms with Gasteiger partial charge >= 0.3 is 0 Å². The summed E-state index contributed by atoms with van der Waals surface area (Å²) in [5.41, 5.74) is 0.126. The summed E-state index contributed by atoms with van der Waals surface area (Å²) >= 11 is 1.42. The molecule has 1 saturated heterocycles. The Morgan fingerprint density at radius 1 is 1.00 bits per heavy atom. The number of benzene rings is 2. The summed E-state index contributed by atoms with van der Waals surface area (Å²) in [4.78, 5) is 27.4. The summed E-state index contributed by atoms with van der Waals surface area (Å²) in [6.45, 7) is 0.567. The third-order valence-corrected chi connectivity index (χ3v) is 11.0. The molecule has 2 heterocycles. The molecule has 2 aromatic carbocycles. The lowest BCUT2D eigenvalue weighted by Gasteiger charge is -2.25. The van der Waals surface area contributed by atoms with Gasteiger partial charge in [-0.3, -0.25) is 9.59 Å². The highest BCUT2D eigenvalue weighted by Gasteiger charge is 2.32. The molecular weight excluding hydrogens is 544 g/mol. The van der Waals surface area contributed by atoms with Crippen LogP contribution >= 0.6 is 11.3 Å². The van der Waals surface area contributed by atoms with E-state index in [1.165, 1.54) is 27.8 Å². The van der Waals surface area contributed by atoms with Crippen molar-refractivity contribution < 1.29 is 18.0 Å². The molecule has 5 rings (SSSR count). The second kappa shape index (κ2) is 12.5. The number of amides is 2. The number of nitrogens with zero attached hydrogens (tertiary/aromatic N) is 2. The van der Waals surface area contributed by atoms with Crippen molar-refractivity contribution in [1.82, 2.24) is 14.9 Å². The lowest BCUT2D eigenvalue weighted by Crippen LogP contribution is -2.50. The van der Waals surface area contributed by atoms with Crippen LogP contribution in [0.1, 0.15) is 66.6 Å². The van der Waals surface area contributed by atoms with Crippen molar-refractivity contribution in [3.05, 3.63) is 65.0 Å². The minimum atomic E-state index is -3.83. The maximum Gasteiger partial charge on any atom is 0.262 e. The lowest BCUT2D eigenvalue weighted by molar-refractivity contribution is -0.124. The number of carbonyl (C=O) groups is 2. The quantitative estimate of drug-likeness (QED) is 0.398. The fourth-order valence-electron chi connectivity index (χ4n) is 5.81. The Bertz CT molecular complexity index is 1490. The molecule has 3 aromatic rings. The van der Waals surface area contributed by atoms with E-state index in [-0.39, 0.29) is 34.9 Å². The molecule has 10 heteroatoms. The van der Waals surface area contributed by atoms with Crippen LogP contribution in [0.3, 0.4) is 0 Å². The van der Waals surface area contributed by atoms with Gasteiger partial charge in [-0.1, -0.05) is 56.0 Å². The molecule has 2 fully saturated rings. The van der Waals surface area contributed by atoms with Gasteiger partial charge in [0, 0.05) is 23.8 Å². The van der Waals surface area contributed by atoms with Crippen LogP contribution in [0.25, 0.3) is 10.1 Å². The Morgan fingerprint density at radius 2 is 1.75 bits per heavy atom. The normalized spacial score (nSPS) is 19.5. The van der Waals surface area contributed by atoms with Crippen molar-refractivity contribution >= 4 is 43.3 Å². The zero-order valence-electron chi connectivity index (χ0n) is 22.3. The topological polar surface area (TPSA) is 119 Å². The zero-order chi connectivity index (χ0) is 28.1. The van der Waals surface area contributed by atoms with Gasteiger partial charge < -0.3 is 10.6 Å². The molecule has 1 saturated carbocycles. The van der Waals surface area contributed by atoms with Crippen molar-refractivity contribution in [1.29, 1.82) is 5.26 Å². The first kappa shape index (κ1) is 28.3. The van der Waals surface area contributed by atoms with Gasteiger partial charge in [0.15, 0.2) is 0 Å². The minimum absolute atomic E-state index is 0.0144. The van der Waals surface area contributed by atoms with E-state index in [2.05, 4.69) is 10.6 Å². The molecule has 2 amide bonds. The van der Waals surface area contributed by atoms with E-state index < -0.39 is 16.1 Å². The highest BCUT2D eigenvalue weighted by Crippen LogP contribution is 2.30. The van der Waals surface area contributed by atoms with Gasteiger partial charge in [-0.25, -0.2) is 8.42 Å². The predicted octanol–water partition coefficient (Wildman–Crippen LogP) is 4.81. The highest BCUT2D eigenvalue weighted by molar-refractivity contribution is 7.89. The summed E-state index contributed by atoms with van der Waals surface area (Å²) in [5, 5.41) is 16.5. The summed E-state index contributed by atoms with van der Waals surface area (Å²) in [6.07, 6.45) is 6.68. The summed E-state index contributed by atoms with van der Waals surface area (Å²) < 4.78 is 29.1. The van der Waals surface area contributed by atoms with Crippen LogP contribution in [0, 0.1) is 17.2 Å². The molecule has 0 unspecified atom stereocenters. The second-order valence-electron chi connectivity index (χ2n) is 10.7. The number of carbonyl (C=O) groups excluding carboxylic acids is 2. The Hall–Kier alpha value is -3.26. The van der Waals surface area contributed by atoms with E-state index in [4.69, 9.17) is 0 Å². The largest absolute Gasteiger partial charge is 0.352 e. The fraction of sp³-hybridized carbons (Fsp3) is 0.433. The van der Waals surface area contributed by atoms with Crippen molar-refractivity contribution in [3.8, 4) is 6.07 Å². The number of rotatable bonds is 8. The minimum Gasteiger partial charge on any atom is -0.352 e. The number of hydrogen-bond donors (Lipinski definition) is 2. The molecule has 2 atom stereocenters. The van der Waals surface area contributed by atoms with Gasteiger partial charge in [-0.05, 0) is 61.3 Å². The average molecular weight is 579 g/mol. The number of fused-ring (bicyclic) bond motifs is 1. The van der Waals surface area contributed by atoms with Gasteiger partial charge in [-0.2, -0.15) is 9.57 Å². The first-order valence-corrected chi connectivity index (χ1v) is 16.2. The van der Waals surface area contributed by atoms with Crippen LogP contribution in [0.5, 0.6) is 0 Å².